The van der Waals surface area contributed by atoms with Gasteiger partial charge in [-0.3, -0.25) is 9.59 Å². The first-order chi connectivity index (χ1) is 11.1. The average molecular weight is 312 g/mol. The lowest BCUT2D eigenvalue weighted by Gasteiger charge is -2.17. The van der Waals surface area contributed by atoms with Crippen LogP contribution < -0.4 is 10.2 Å². The summed E-state index contributed by atoms with van der Waals surface area (Å²) in [5, 5.41) is 11.9. The molecule has 0 saturated carbocycles. The molecule has 2 aromatic carbocycles. The summed E-state index contributed by atoms with van der Waals surface area (Å²) < 4.78 is 0. The zero-order valence-electron chi connectivity index (χ0n) is 13.0. The lowest BCUT2D eigenvalue weighted by molar-refractivity contribution is -0.118. The van der Waals surface area contributed by atoms with Crippen LogP contribution in [0.3, 0.4) is 0 Å². The van der Waals surface area contributed by atoms with Crippen LogP contribution in [-0.2, 0) is 9.59 Å². The molecule has 0 bridgehead atoms. The van der Waals surface area contributed by atoms with Crippen molar-refractivity contribution in [2.24, 2.45) is 0 Å². The Bertz CT molecular complexity index is 654. The summed E-state index contributed by atoms with van der Waals surface area (Å²) in [4.78, 5) is 25.5. The van der Waals surface area contributed by atoms with Gasteiger partial charge in [-0.2, -0.15) is 0 Å². The topological polar surface area (TPSA) is 69.6 Å². The van der Waals surface area contributed by atoms with Crippen molar-refractivity contribution in [3.05, 3.63) is 54.6 Å². The van der Waals surface area contributed by atoms with E-state index in [-0.39, 0.29) is 24.0 Å². The Kier molecular flexibility index (Phi) is 5.74. The van der Waals surface area contributed by atoms with E-state index in [1.807, 2.05) is 30.3 Å². The number of phenolic OH excluding ortho intramolecular Hbond substituents is 1. The fourth-order valence-corrected chi connectivity index (χ4v) is 2.13. The van der Waals surface area contributed by atoms with E-state index in [1.165, 1.54) is 12.1 Å². The predicted molar refractivity (Wildman–Crippen MR) is 90.4 cm³/mol. The van der Waals surface area contributed by atoms with E-state index < -0.39 is 0 Å². The van der Waals surface area contributed by atoms with Crippen molar-refractivity contribution in [3.63, 3.8) is 0 Å². The number of carbonyl (C=O) groups excluding carboxylic acids is 2. The highest BCUT2D eigenvalue weighted by Gasteiger charge is 2.11. The molecule has 5 heteroatoms. The monoisotopic (exact) mass is 312 g/mol. The molecule has 0 aromatic heterocycles. The van der Waals surface area contributed by atoms with Crippen LogP contribution in [0.2, 0.25) is 0 Å². The second kappa shape index (κ2) is 7.98. The molecular weight excluding hydrogens is 292 g/mol. The summed E-state index contributed by atoms with van der Waals surface area (Å²) in [5.74, 6) is -0.0166. The SMILES string of the molecule is CN(C(=O)CCCC(=O)Nc1ccc(O)cc1)c1ccccc1. The first kappa shape index (κ1) is 16.5. The first-order valence-electron chi connectivity index (χ1n) is 7.47. The molecule has 0 radical (unpaired) electrons. The lowest BCUT2D eigenvalue weighted by atomic mass is 10.2. The normalized spacial score (nSPS) is 10.1. The van der Waals surface area contributed by atoms with Gasteiger partial charge in [-0.05, 0) is 42.8 Å². The molecule has 0 saturated heterocycles. The Hall–Kier alpha value is -2.82. The summed E-state index contributed by atoms with van der Waals surface area (Å²) in [6.45, 7) is 0. The minimum atomic E-state index is -0.147. The van der Waals surface area contributed by atoms with Gasteiger partial charge in [0.1, 0.15) is 5.75 Å². The third-order valence-electron chi connectivity index (χ3n) is 3.46. The molecule has 120 valence electrons. The van der Waals surface area contributed by atoms with E-state index in [1.54, 1.807) is 24.1 Å². The number of aromatic hydroxyl groups is 1. The van der Waals surface area contributed by atoms with E-state index in [4.69, 9.17) is 0 Å². The number of hydrogen-bond donors (Lipinski definition) is 2. The Morgan fingerprint density at radius 3 is 2.30 bits per heavy atom. The average Bonchev–Trinajstić information content (AvgIpc) is 2.57. The number of para-hydroxylation sites is 1. The maximum absolute atomic E-state index is 12.1. The molecule has 0 heterocycles. The number of nitrogens with zero attached hydrogens (tertiary/aromatic N) is 1. The van der Waals surface area contributed by atoms with Crippen molar-refractivity contribution < 1.29 is 14.7 Å². The zero-order chi connectivity index (χ0) is 16.7. The summed E-state index contributed by atoms with van der Waals surface area (Å²) in [6, 6.07) is 15.7. The van der Waals surface area contributed by atoms with Gasteiger partial charge in [0.05, 0.1) is 0 Å². The number of amides is 2. The Morgan fingerprint density at radius 2 is 1.65 bits per heavy atom. The minimum absolute atomic E-state index is 0.0198. The Labute approximate surface area is 135 Å². The van der Waals surface area contributed by atoms with Gasteiger partial charge in [0, 0.05) is 31.3 Å². The van der Waals surface area contributed by atoms with Crippen molar-refractivity contribution >= 4 is 23.2 Å². The Morgan fingerprint density at radius 1 is 1.00 bits per heavy atom. The van der Waals surface area contributed by atoms with E-state index in [0.717, 1.165) is 5.69 Å². The standard InChI is InChI=1S/C18H20N2O3/c1-20(15-6-3-2-4-7-15)18(23)9-5-8-17(22)19-14-10-12-16(21)13-11-14/h2-4,6-7,10-13,21H,5,8-9H2,1H3,(H,19,22). The third-order valence-corrected chi connectivity index (χ3v) is 3.46. The number of carbonyl (C=O) groups is 2. The molecule has 0 aliphatic rings. The quantitative estimate of drug-likeness (QED) is 0.805. The van der Waals surface area contributed by atoms with Gasteiger partial charge in [-0.25, -0.2) is 0 Å². The molecule has 23 heavy (non-hydrogen) atoms. The van der Waals surface area contributed by atoms with Gasteiger partial charge in [0.25, 0.3) is 0 Å². The van der Waals surface area contributed by atoms with Crippen molar-refractivity contribution in [2.75, 3.05) is 17.3 Å². The van der Waals surface area contributed by atoms with Crippen LogP contribution in [0.4, 0.5) is 11.4 Å². The summed E-state index contributed by atoms with van der Waals surface area (Å²) in [7, 11) is 1.73. The number of hydrogen-bond acceptors (Lipinski definition) is 3. The van der Waals surface area contributed by atoms with E-state index in [0.29, 0.717) is 18.5 Å². The molecule has 0 unspecified atom stereocenters. The highest BCUT2D eigenvalue weighted by Crippen LogP contribution is 2.15. The number of rotatable bonds is 6. The number of nitrogens with one attached hydrogen (secondary N) is 1. The number of phenols is 1. The molecule has 2 amide bonds. The zero-order valence-corrected chi connectivity index (χ0v) is 13.0. The second-order valence-corrected chi connectivity index (χ2v) is 5.24. The van der Waals surface area contributed by atoms with Crippen LogP contribution in [0.1, 0.15) is 19.3 Å². The number of anilines is 2. The summed E-state index contributed by atoms with van der Waals surface area (Å²) >= 11 is 0. The molecule has 2 N–H and O–H groups in total. The van der Waals surface area contributed by atoms with Gasteiger partial charge in [0.2, 0.25) is 11.8 Å². The highest BCUT2D eigenvalue weighted by molar-refractivity contribution is 5.94. The van der Waals surface area contributed by atoms with E-state index >= 15 is 0 Å². The van der Waals surface area contributed by atoms with Crippen molar-refractivity contribution in [1.82, 2.24) is 0 Å². The molecule has 0 atom stereocenters. The van der Waals surface area contributed by atoms with Crippen molar-refractivity contribution in [2.45, 2.75) is 19.3 Å². The summed E-state index contributed by atoms with van der Waals surface area (Å²) in [5.41, 5.74) is 1.46. The first-order valence-corrected chi connectivity index (χ1v) is 7.47. The van der Waals surface area contributed by atoms with Crippen LogP contribution in [0, 0.1) is 0 Å². The maximum Gasteiger partial charge on any atom is 0.226 e. The second-order valence-electron chi connectivity index (χ2n) is 5.24. The van der Waals surface area contributed by atoms with Crippen molar-refractivity contribution in [1.29, 1.82) is 0 Å². The maximum atomic E-state index is 12.1. The van der Waals surface area contributed by atoms with Gasteiger partial charge < -0.3 is 15.3 Å². The fourth-order valence-electron chi connectivity index (χ4n) is 2.13. The van der Waals surface area contributed by atoms with Crippen LogP contribution in [0.15, 0.2) is 54.6 Å². The van der Waals surface area contributed by atoms with Crippen LogP contribution in [0.5, 0.6) is 5.75 Å². The molecule has 5 nitrogen and oxygen atoms in total. The van der Waals surface area contributed by atoms with Crippen LogP contribution in [-0.4, -0.2) is 24.0 Å². The Balaban J connectivity index is 1.74. The lowest BCUT2D eigenvalue weighted by Crippen LogP contribution is -2.26. The van der Waals surface area contributed by atoms with E-state index in [9.17, 15) is 14.7 Å². The molecule has 2 aromatic rings. The fraction of sp³-hybridized carbons (Fsp3) is 0.222. The molecule has 0 aliphatic carbocycles. The molecule has 0 spiro atoms. The smallest absolute Gasteiger partial charge is 0.226 e. The van der Waals surface area contributed by atoms with E-state index in [2.05, 4.69) is 5.32 Å². The number of benzene rings is 2. The van der Waals surface area contributed by atoms with Gasteiger partial charge >= 0.3 is 0 Å². The third kappa shape index (κ3) is 5.14. The van der Waals surface area contributed by atoms with Crippen molar-refractivity contribution in [3.8, 4) is 5.75 Å². The molecule has 0 aliphatic heterocycles. The molecule has 2 rings (SSSR count). The minimum Gasteiger partial charge on any atom is -0.508 e. The molecular formula is C18H20N2O3. The molecule has 0 fully saturated rings. The van der Waals surface area contributed by atoms with Crippen LogP contribution >= 0.6 is 0 Å². The van der Waals surface area contributed by atoms with Crippen LogP contribution in [0.25, 0.3) is 0 Å². The van der Waals surface area contributed by atoms with Gasteiger partial charge in [-0.1, -0.05) is 18.2 Å². The highest BCUT2D eigenvalue weighted by atomic mass is 16.3. The summed E-state index contributed by atoms with van der Waals surface area (Å²) in [6.07, 6.45) is 1.07. The largest absolute Gasteiger partial charge is 0.508 e. The van der Waals surface area contributed by atoms with Gasteiger partial charge in [0.15, 0.2) is 0 Å². The predicted octanol–water partition coefficient (Wildman–Crippen LogP) is 3.16. The van der Waals surface area contributed by atoms with Gasteiger partial charge in [-0.15, -0.1) is 0 Å².